The second kappa shape index (κ2) is 8.09. The van der Waals surface area contributed by atoms with Gasteiger partial charge in [-0.05, 0) is 34.5 Å². The highest BCUT2D eigenvalue weighted by molar-refractivity contribution is 7.07. The number of ether oxygens (including phenoxy) is 2. The SMILES string of the molecule is COc1ccc(N2CCN(CC(=O)NCc3ccsc3)C2=O)cc1OC. The van der Waals surface area contributed by atoms with Crippen molar-refractivity contribution in [2.24, 2.45) is 0 Å². The van der Waals surface area contributed by atoms with E-state index < -0.39 is 0 Å². The van der Waals surface area contributed by atoms with E-state index >= 15 is 0 Å². The molecular weight excluding hydrogens is 354 g/mol. The smallest absolute Gasteiger partial charge is 0.325 e. The Morgan fingerprint density at radius 3 is 2.69 bits per heavy atom. The molecule has 1 fully saturated rings. The van der Waals surface area contributed by atoms with Gasteiger partial charge in [0, 0.05) is 31.4 Å². The first-order valence-corrected chi connectivity index (χ1v) is 9.13. The number of urea groups is 1. The van der Waals surface area contributed by atoms with E-state index in [2.05, 4.69) is 5.32 Å². The van der Waals surface area contributed by atoms with Gasteiger partial charge in [0.05, 0.1) is 14.2 Å². The minimum Gasteiger partial charge on any atom is -0.493 e. The monoisotopic (exact) mass is 375 g/mol. The molecule has 138 valence electrons. The van der Waals surface area contributed by atoms with Crippen molar-refractivity contribution in [2.75, 3.05) is 38.8 Å². The number of nitrogens with one attached hydrogen (secondary N) is 1. The van der Waals surface area contributed by atoms with Crippen molar-refractivity contribution in [3.05, 3.63) is 40.6 Å². The number of nitrogens with zero attached hydrogens (tertiary/aromatic N) is 2. The molecule has 3 amide bonds. The third-order valence-corrected chi connectivity index (χ3v) is 4.91. The number of carbonyl (C=O) groups excluding carboxylic acids is 2. The minimum absolute atomic E-state index is 0.0484. The predicted molar refractivity (Wildman–Crippen MR) is 100 cm³/mol. The van der Waals surface area contributed by atoms with Gasteiger partial charge in [0.15, 0.2) is 11.5 Å². The van der Waals surface area contributed by atoms with Gasteiger partial charge in [-0.2, -0.15) is 11.3 Å². The highest BCUT2D eigenvalue weighted by Crippen LogP contribution is 2.32. The summed E-state index contributed by atoms with van der Waals surface area (Å²) < 4.78 is 10.5. The Bertz CT molecular complexity index is 779. The van der Waals surface area contributed by atoms with Crippen LogP contribution >= 0.6 is 11.3 Å². The zero-order valence-electron chi connectivity index (χ0n) is 14.7. The number of hydrogen-bond donors (Lipinski definition) is 1. The molecule has 0 bridgehead atoms. The standard InChI is InChI=1S/C18H21N3O4S/c1-24-15-4-3-14(9-16(15)25-2)21-7-6-20(18(21)23)11-17(22)19-10-13-5-8-26-12-13/h3-5,8-9,12H,6-7,10-11H2,1-2H3,(H,19,22). The fraction of sp³-hybridized carbons (Fsp3) is 0.333. The Kier molecular flexibility index (Phi) is 5.62. The van der Waals surface area contributed by atoms with Crippen LogP contribution in [0.4, 0.5) is 10.5 Å². The lowest BCUT2D eigenvalue weighted by atomic mass is 10.2. The lowest BCUT2D eigenvalue weighted by molar-refractivity contribution is -0.121. The molecular formula is C18H21N3O4S. The summed E-state index contributed by atoms with van der Waals surface area (Å²) in [5.41, 5.74) is 1.77. The number of thiophene rings is 1. The topological polar surface area (TPSA) is 71.1 Å². The van der Waals surface area contributed by atoms with Gasteiger partial charge in [-0.3, -0.25) is 9.69 Å². The molecule has 1 saturated heterocycles. The van der Waals surface area contributed by atoms with E-state index in [1.807, 2.05) is 16.8 Å². The van der Waals surface area contributed by atoms with Crippen molar-refractivity contribution in [1.29, 1.82) is 0 Å². The summed E-state index contributed by atoms with van der Waals surface area (Å²) in [6, 6.07) is 7.10. The zero-order valence-corrected chi connectivity index (χ0v) is 15.5. The van der Waals surface area contributed by atoms with Gasteiger partial charge in [0.2, 0.25) is 5.91 Å². The van der Waals surface area contributed by atoms with Crippen molar-refractivity contribution in [3.63, 3.8) is 0 Å². The Labute approximate surface area is 156 Å². The fourth-order valence-corrected chi connectivity index (χ4v) is 3.45. The van der Waals surface area contributed by atoms with E-state index in [-0.39, 0.29) is 18.5 Å². The molecule has 0 unspecified atom stereocenters. The van der Waals surface area contributed by atoms with Crippen molar-refractivity contribution < 1.29 is 19.1 Å². The van der Waals surface area contributed by atoms with Gasteiger partial charge in [-0.1, -0.05) is 0 Å². The average Bonchev–Trinajstić information content (AvgIpc) is 3.30. The molecule has 1 aliphatic heterocycles. The van der Waals surface area contributed by atoms with E-state index in [1.54, 1.807) is 53.6 Å². The third kappa shape index (κ3) is 3.91. The van der Waals surface area contributed by atoms with E-state index in [0.29, 0.717) is 36.8 Å². The van der Waals surface area contributed by atoms with Crippen LogP contribution in [0.5, 0.6) is 11.5 Å². The molecule has 1 N–H and O–H groups in total. The molecule has 0 atom stereocenters. The number of anilines is 1. The van der Waals surface area contributed by atoms with Crippen LogP contribution in [0.3, 0.4) is 0 Å². The summed E-state index contributed by atoms with van der Waals surface area (Å²) in [5, 5.41) is 6.79. The Hall–Kier alpha value is -2.74. The second-order valence-electron chi connectivity index (χ2n) is 5.80. The molecule has 2 heterocycles. The molecule has 0 radical (unpaired) electrons. The van der Waals surface area contributed by atoms with Gasteiger partial charge in [-0.15, -0.1) is 0 Å². The highest BCUT2D eigenvalue weighted by Gasteiger charge is 2.31. The van der Waals surface area contributed by atoms with Crippen molar-refractivity contribution in [1.82, 2.24) is 10.2 Å². The summed E-state index contributed by atoms with van der Waals surface area (Å²) >= 11 is 1.59. The maximum absolute atomic E-state index is 12.6. The number of methoxy groups -OCH3 is 2. The molecule has 26 heavy (non-hydrogen) atoms. The maximum Gasteiger partial charge on any atom is 0.325 e. The number of hydrogen-bond acceptors (Lipinski definition) is 5. The number of amides is 3. The molecule has 2 aromatic rings. The van der Waals surface area contributed by atoms with Crippen LogP contribution in [-0.2, 0) is 11.3 Å². The Morgan fingerprint density at radius 2 is 2.00 bits per heavy atom. The van der Waals surface area contributed by atoms with Crippen LogP contribution in [0, 0.1) is 0 Å². The predicted octanol–water partition coefficient (Wildman–Crippen LogP) is 2.32. The van der Waals surface area contributed by atoms with Gasteiger partial charge >= 0.3 is 6.03 Å². The quantitative estimate of drug-likeness (QED) is 0.806. The van der Waals surface area contributed by atoms with Crippen LogP contribution in [0.15, 0.2) is 35.0 Å². The first-order chi connectivity index (χ1) is 12.6. The van der Waals surface area contributed by atoms with E-state index in [0.717, 1.165) is 5.56 Å². The summed E-state index contributed by atoms with van der Waals surface area (Å²) in [5.74, 6) is 0.996. The van der Waals surface area contributed by atoms with Crippen LogP contribution < -0.4 is 19.7 Å². The van der Waals surface area contributed by atoms with E-state index in [9.17, 15) is 9.59 Å². The fourth-order valence-electron chi connectivity index (χ4n) is 2.78. The summed E-state index contributed by atoms with van der Waals surface area (Å²) in [6.07, 6.45) is 0. The van der Waals surface area contributed by atoms with E-state index in [1.165, 1.54) is 0 Å². The van der Waals surface area contributed by atoms with Gasteiger partial charge in [-0.25, -0.2) is 4.79 Å². The molecule has 0 saturated carbocycles. The van der Waals surface area contributed by atoms with E-state index in [4.69, 9.17) is 9.47 Å². The largest absolute Gasteiger partial charge is 0.493 e. The van der Waals surface area contributed by atoms with Crippen molar-refractivity contribution in [2.45, 2.75) is 6.54 Å². The Morgan fingerprint density at radius 1 is 1.19 bits per heavy atom. The summed E-state index contributed by atoms with van der Waals surface area (Å²) in [6.45, 7) is 1.54. The first kappa shape index (κ1) is 18.1. The molecule has 8 heteroatoms. The van der Waals surface area contributed by atoms with Crippen molar-refractivity contribution in [3.8, 4) is 11.5 Å². The highest BCUT2D eigenvalue weighted by atomic mass is 32.1. The van der Waals surface area contributed by atoms with Gasteiger partial charge < -0.3 is 19.7 Å². The normalized spacial score (nSPS) is 13.8. The number of carbonyl (C=O) groups is 2. The molecule has 1 aromatic carbocycles. The molecule has 1 aromatic heterocycles. The maximum atomic E-state index is 12.6. The van der Waals surface area contributed by atoms with Crippen LogP contribution in [0.1, 0.15) is 5.56 Å². The molecule has 1 aliphatic rings. The van der Waals surface area contributed by atoms with Crippen LogP contribution in [0.2, 0.25) is 0 Å². The first-order valence-electron chi connectivity index (χ1n) is 8.18. The lowest BCUT2D eigenvalue weighted by Gasteiger charge is -2.19. The van der Waals surface area contributed by atoms with Gasteiger partial charge in [0.25, 0.3) is 0 Å². The molecule has 0 spiro atoms. The van der Waals surface area contributed by atoms with Crippen molar-refractivity contribution >= 4 is 29.0 Å². The third-order valence-electron chi connectivity index (χ3n) is 4.18. The minimum atomic E-state index is -0.192. The molecule has 0 aliphatic carbocycles. The Balaban J connectivity index is 1.60. The van der Waals surface area contributed by atoms with Crippen LogP contribution in [-0.4, -0.2) is 50.7 Å². The second-order valence-corrected chi connectivity index (χ2v) is 6.58. The summed E-state index contributed by atoms with van der Waals surface area (Å²) in [4.78, 5) is 27.9. The average molecular weight is 375 g/mol. The number of benzene rings is 1. The summed E-state index contributed by atoms with van der Waals surface area (Å²) in [7, 11) is 3.12. The lowest BCUT2D eigenvalue weighted by Crippen LogP contribution is -2.39. The van der Waals surface area contributed by atoms with Gasteiger partial charge in [0.1, 0.15) is 6.54 Å². The zero-order chi connectivity index (χ0) is 18.5. The number of rotatable bonds is 7. The molecule has 3 rings (SSSR count). The molecule has 7 nitrogen and oxygen atoms in total. The van der Waals surface area contributed by atoms with Crippen LogP contribution in [0.25, 0.3) is 0 Å².